The van der Waals surface area contributed by atoms with Crippen LogP contribution in [0, 0.1) is 5.92 Å². The van der Waals surface area contributed by atoms with Crippen molar-refractivity contribution in [2.45, 2.75) is 19.4 Å². The summed E-state index contributed by atoms with van der Waals surface area (Å²) in [5.74, 6) is -0.113. The van der Waals surface area contributed by atoms with Gasteiger partial charge in [0.25, 0.3) is 0 Å². The highest BCUT2D eigenvalue weighted by atomic mass is 16.5. The van der Waals surface area contributed by atoms with Gasteiger partial charge in [0, 0.05) is 29.9 Å². The summed E-state index contributed by atoms with van der Waals surface area (Å²) in [6, 6.07) is 18.5. The molecule has 0 bridgehead atoms. The van der Waals surface area contributed by atoms with Crippen LogP contribution in [-0.2, 0) is 11.3 Å². The smallest absolute Gasteiger partial charge is 0.307 e. The number of hydrogen-bond acceptors (Lipinski definition) is 3. The zero-order valence-electron chi connectivity index (χ0n) is 15.5. The van der Waals surface area contributed by atoms with Crippen LogP contribution in [0.2, 0.25) is 0 Å². The van der Waals surface area contributed by atoms with Gasteiger partial charge in [-0.3, -0.25) is 9.69 Å². The second kappa shape index (κ2) is 7.45. The number of likely N-dealkylation sites (tertiary alicyclic amines) is 1. The molecule has 140 valence electrons. The minimum Gasteiger partial charge on any atom is -0.496 e. The lowest BCUT2D eigenvalue weighted by Gasteiger charge is -2.30. The molecule has 1 unspecified atom stereocenters. The van der Waals surface area contributed by atoms with Crippen LogP contribution >= 0.6 is 0 Å². The molecule has 27 heavy (non-hydrogen) atoms. The standard InChI is InChI=1S/C22H24N2O3/c1-27-21-11-5-10-20-19(21)13-18(24(20)17-8-3-2-4-9-17)15-23-12-6-7-16(14-23)22(25)26/h2-5,8-11,13,16H,6-7,12,14-15H2,1H3,(H,25,26). The van der Waals surface area contributed by atoms with Crippen molar-refractivity contribution in [1.29, 1.82) is 0 Å². The number of ether oxygens (including phenoxy) is 1. The van der Waals surface area contributed by atoms with Gasteiger partial charge in [-0.2, -0.15) is 0 Å². The number of piperidine rings is 1. The Kier molecular flexibility index (Phi) is 4.86. The maximum atomic E-state index is 11.4. The number of benzene rings is 2. The number of nitrogens with zero attached hydrogens (tertiary/aromatic N) is 2. The van der Waals surface area contributed by atoms with Crippen molar-refractivity contribution in [3.63, 3.8) is 0 Å². The molecule has 0 spiro atoms. The monoisotopic (exact) mass is 364 g/mol. The Bertz CT molecular complexity index is 949. The van der Waals surface area contributed by atoms with Gasteiger partial charge in [0.05, 0.1) is 18.5 Å². The fourth-order valence-corrected chi connectivity index (χ4v) is 4.06. The van der Waals surface area contributed by atoms with E-state index in [1.165, 1.54) is 0 Å². The van der Waals surface area contributed by atoms with Crippen LogP contribution in [-0.4, -0.2) is 40.7 Å². The van der Waals surface area contributed by atoms with E-state index >= 15 is 0 Å². The molecule has 1 fully saturated rings. The maximum Gasteiger partial charge on any atom is 0.307 e. The van der Waals surface area contributed by atoms with E-state index in [1.54, 1.807) is 7.11 Å². The molecule has 5 heteroatoms. The van der Waals surface area contributed by atoms with E-state index in [0.717, 1.165) is 54.0 Å². The molecule has 0 saturated carbocycles. The van der Waals surface area contributed by atoms with Crippen molar-refractivity contribution in [3.05, 3.63) is 60.3 Å². The number of methoxy groups -OCH3 is 1. The number of para-hydroxylation sites is 1. The third-order valence-corrected chi connectivity index (χ3v) is 5.36. The van der Waals surface area contributed by atoms with E-state index in [1.807, 2.05) is 30.3 Å². The van der Waals surface area contributed by atoms with Crippen molar-refractivity contribution in [1.82, 2.24) is 9.47 Å². The van der Waals surface area contributed by atoms with Gasteiger partial charge in [0.15, 0.2) is 0 Å². The van der Waals surface area contributed by atoms with Crippen LogP contribution in [0.5, 0.6) is 5.75 Å². The molecule has 0 radical (unpaired) electrons. The largest absolute Gasteiger partial charge is 0.496 e. The number of carboxylic acids is 1. The highest BCUT2D eigenvalue weighted by Gasteiger charge is 2.26. The van der Waals surface area contributed by atoms with Gasteiger partial charge < -0.3 is 14.4 Å². The van der Waals surface area contributed by atoms with E-state index in [4.69, 9.17) is 4.74 Å². The quantitative estimate of drug-likeness (QED) is 0.745. The third kappa shape index (κ3) is 3.43. The van der Waals surface area contributed by atoms with Crippen molar-refractivity contribution in [2.75, 3.05) is 20.2 Å². The predicted molar refractivity (Wildman–Crippen MR) is 105 cm³/mol. The van der Waals surface area contributed by atoms with Gasteiger partial charge in [0.1, 0.15) is 5.75 Å². The van der Waals surface area contributed by atoms with Gasteiger partial charge in [0.2, 0.25) is 0 Å². The van der Waals surface area contributed by atoms with E-state index in [2.05, 4.69) is 33.7 Å². The SMILES string of the molecule is COc1cccc2c1cc(CN1CCCC(C(=O)O)C1)n2-c1ccccc1. The van der Waals surface area contributed by atoms with Crippen LogP contribution in [0.25, 0.3) is 16.6 Å². The first-order valence-electron chi connectivity index (χ1n) is 9.35. The molecular formula is C22H24N2O3. The second-order valence-corrected chi connectivity index (χ2v) is 7.11. The topological polar surface area (TPSA) is 54.7 Å². The summed E-state index contributed by atoms with van der Waals surface area (Å²) in [6.07, 6.45) is 1.69. The molecule has 2 aromatic carbocycles. The van der Waals surface area contributed by atoms with Crippen LogP contribution in [0.4, 0.5) is 0 Å². The first-order chi connectivity index (χ1) is 13.2. The molecule has 0 amide bonds. The van der Waals surface area contributed by atoms with Crippen molar-refractivity contribution < 1.29 is 14.6 Å². The molecule has 1 atom stereocenters. The van der Waals surface area contributed by atoms with Crippen molar-refractivity contribution in [2.24, 2.45) is 5.92 Å². The lowest BCUT2D eigenvalue weighted by molar-refractivity contribution is -0.143. The van der Waals surface area contributed by atoms with Gasteiger partial charge in [-0.1, -0.05) is 24.3 Å². The van der Waals surface area contributed by atoms with Crippen molar-refractivity contribution >= 4 is 16.9 Å². The van der Waals surface area contributed by atoms with E-state index in [-0.39, 0.29) is 5.92 Å². The Morgan fingerprint density at radius 1 is 1.19 bits per heavy atom. The number of carbonyl (C=O) groups is 1. The zero-order valence-corrected chi connectivity index (χ0v) is 15.5. The number of rotatable bonds is 5. The minimum absolute atomic E-state index is 0.275. The summed E-state index contributed by atoms with van der Waals surface area (Å²) in [6.45, 7) is 2.25. The molecule has 1 aliphatic heterocycles. The lowest BCUT2D eigenvalue weighted by Crippen LogP contribution is -2.38. The van der Waals surface area contributed by atoms with Gasteiger partial charge in [-0.25, -0.2) is 0 Å². The lowest BCUT2D eigenvalue weighted by atomic mass is 9.98. The Hall–Kier alpha value is -2.79. The summed E-state index contributed by atoms with van der Waals surface area (Å²) < 4.78 is 7.82. The summed E-state index contributed by atoms with van der Waals surface area (Å²) in [5.41, 5.74) is 3.34. The summed E-state index contributed by atoms with van der Waals surface area (Å²) in [7, 11) is 1.69. The fourth-order valence-electron chi connectivity index (χ4n) is 4.06. The highest BCUT2D eigenvalue weighted by Crippen LogP contribution is 2.32. The van der Waals surface area contributed by atoms with Gasteiger partial charge >= 0.3 is 5.97 Å². The molecule has 0 aliphatic carbocycles. The first-order valence-corrected chi connectivity index (χ1v) is 9.35. The van der Waals surface area contributed by atoms with Crippen molar-refractivity contribution in [3.8, 4) is 11.4 Å². The summed E-state index contributed by atoms with van der Waals surface area (Å²) in [5, 5.41) is 10.5. The number of aromatic nitrogens is 1. The Morgan fingerprint density at radius 2 is 2.00 bits per heavy atom. The minimum atomic E-state index is -0.690. The molecule has 2 heterocycles. The molecule has 3 aromatic rings. The first kappa shape index (κ1) is 17.6. The molecular weight excluding hydrogens is 340 g/mol. The molecule has 1 N–H and O–H groups in total. The average molecular weight is 364 g/mol. The summed E-state index contributed by atoms with van der Waals surface area (Å²) >= 11 is 0. The third-order valence-electron chi connectivity index (χ3n) is 5.36. The molecule has 4 rings (SSSR count). The fraction of sp³-hybridized carbons (Fsp3) is 0.318. The van der Waals surface area contributed by atoms with E-state index < -0.39 is 5.97 Å². The number of aliphatic carboxylic acids is 1. The Morgan fingerprint density at radius 3 is 2.74 bits per heavy atom. The predicted octanol–water partition coefficient (Wildman–Crippen LogP) is 3.94. The van der Waals surface area contributed by atoms with Crippen LogP contribution in [0.15, 0.2) is 54.6 Å². The summed E-state index contributed by atoms with van der Waals surface area (Å²) in [4.78, 5) is 13.7. The average Bonchev–Trinajstić information content (AvgIpc) is 3.06. The maximum absolute atomic E-state index is 11.4. The Balaban J connectivity index is 1.76. The number of hydrogen-bond donors (Lipinski definition) is 1. The Labute approximate surface area is 158 Å². The van der Waals surface area contributed by atoms with Crippen LogP contribution < -0.4 is 4.74 Å². The van der Waals surface area contributed by atoms with Gasteiger partial charge in [-0.05, 0) is 49.7 Å². The van der Waals surface area contributed by atoms with Crippen LogP contribution in [0.1, 0.15) is 18.5 Å². The molecule has 1 aromatic heterocycles. The van der Waals surface area contributed by atoms with Gasteiger partial charge in [-0.15, -0.1) is 0 Å². The number of carboxylic acid groups (broad SMARTS) is 1. The molecule has 5 nitrogen and oxygen atoms in total. The van der Waals surface area contributed by atoms with E-state index in [9.17, 15) is 9.90 Å². The highest BCUT2D eigenvalue weighted by molar-refractivity contribution is 5.89. The van der Waals surface area contributed by atoms with Crippen LogP contribution in [0.3, 0.4) is 0 Å². The zero-order chi connectivity index (χ0) is 18.8. The molecule has 1 saturated heterocycles. The normalized spacial score (nSPS) is 17.9. The number of fused-ring (bicyclic) bond motifs is 1. The van der Waals surface area contributed by atoms with E-state index in [0.29, 0.717) is 6.54 Å². The second-order valence-electron chi connectivity index (χ2n) is 7.11. The molecule has 1 aliphatic rings.